The molecule has 0 aromatic heterocycles. The van der Waals surface area contributed by atoms with Crippen LogP contribution in [0.25, 0.3) is 0 Å². The number of benzene rings is 2. The van der Waals surface area contributed by atoms with Crippen molar-refractivity contribution in [1.82, 2.24) is 10.2 Å². The van der Waals surface area contributed by atoms with E-state index in [4.69, 9.17) is 27.9 Å². The molecule has 168 valence electrons. The Morgan fingerprint density at radius 2 is 1.84 bits per heavy atom. The van der Waals surface area contributed by atoms with Gasteiger partial charge in [0.25, 0.3) is 5.91 Å². The minimum atomic E-state index is -0.685. The standard InChI is InChI=1S/C24H30Cl2N2O3/c1-6-9-27-24(30)18(5)28(13-19-7-8-20(25)12-21(19)26)23(29)14-31-22-11-15(2)10-16(3)17(22)4/h7-8,10-12,18H,6,9,13-14H2,1-5H3,(H,27,30). The Bertz CT molecular complexity index is 947. The molecule has 0 heterocycles. The van der Waals surface area contributed by atoms with Gasteiger partial charge in [0.2, 0.25) is 5.91 Å². The molecule has 2 aromatic rings. The van der Waals surface area contributed by atoms with Gasteiger partial charge in [-0.2, -0.15) is 0 Å². The van der Waals surface area contributed by atoms with Gasteiger partial charge >= 0.3 is 0 Å². The lowest BCUT2D eigenvalue weighted by atomic mass is 10.1. The predicted octanol–water partition coefficient (Wildman–Crippen LogP) is 5.24. The molecule has 2 rings (SSSR count). The average molecular weight is 465 g/mol. The van der Waals surface area contributed by atoms with E-state index in [1.165, 1.54) is 4.90 Å². The summed E-state index contributed by atoms with van der Waals surface area (Å²) in [6.45, 7) is 10.2. The van der Waals surface area contributed by atoms with E-state index < -0.39 is 6.04 Å². The molecule has 1 N–H and O–H groups in total. The zero-order valence-electron chi connectivity index (χ0n) is 18.7. The number of ether oxygens (including phenoxy) is 1. The first-order chi connectivity index (χ1) is 14.6. The van der Waals surface area contributed by atoms with Crippen LogP contribution in [0.5, 0.6) is 5.75 Å². The van der Waals surface area contributed by atoms with Gasteiger partial charge in [-0.15, -0.1) is 0 Å². The van der Waals surface area contributed by atoms with Crippen LogP contribution in [0.3, 0.4) is 0 Å². The summed E-state index contributed by atoms with van der Waals surface area (Å²) in [5.74, 6) is 0.144. The molecule has 0 saturated heterocycles. The van der Waals surface area contributed by atoms with Crippen molar-refractivity contribution < 1.29 is 14.3 Å². The molecule has 2 amide bonds. The molecule has 2 aromatic carbocycles. The van der Waals surface area contributed by atoms with Crippen molar-refractivity contribution in [1.29, 1.82) is 0 Å². The summed E-state index contributed by atoms with van der Waals surface area (Å²) >= 11 is 12.3. The zero-order chi connectivity index (χ0) is 23.1. The molecule has 0 spiro atoms. The fourth-order valence-corrected chi connectivity index (χ4v) is 3.65. The smallest absolute Gasteiger partial charge is 0.261 e. The molecule has 0 aliphatic carbocycles. The lowest BCUT2D eigenvalue weighted by Gasteiger charge is -2.29. The number of amides is 2. The Hall–Kier alpha value is -2.24. The first kappa shape index (κ1) is 25.0. The third kappa shape index (κ3) is 6.88. The van der Waals surface area contributed by atoms with E-state index in [-0.39, 0.29) is 25.0 Å². The summed E-state index contributed by atoms with van der Waals surface area (Å²) < 4.78 is 5.86. The fourth-order valence-electron chi connectivity index (χ4n) is 3.19. The fraction of sp³-hybridized carbons (Fsp3) is 0.417. The molecule has 0 aliphatic rings. The quantitative estimate of drug-likeness (QED) is 0.551. The third-order valence-electron chi connectivity index (χ3n) is 5.19. The maximum atomic E-state index is 13.2. The van der Waals surface area contributed by atoms with E-state index in [0.717, 1.165) is 23.1 Å². The van der Waals surface area contributed by atoms with Gasteiger partial charge in [0.05, 0.1) is 0 Å². The van der Waals surface area contributed by atoms with Crippen LogP contribution in [0, 0.1) is 20.8 Å². The van der Waals surface area contributed by atoms with Gasteiger partial charge in [0.15, 0.2) is 6.61 Å². The minimum absolute atomic E-state index is 0.171. The van der Waals surface area contributed by atoms with Crippen LogP contribution >= 0.6 is 23.2 Å². The third-order valence-corrected chi connectivity index (χ3v) is 5.77. The lowest BCUT2D eigenvalue weighted by Crippen LogP contribution is -2.49. The minimum Gasteiger partial charge on any atom is -0.483 e. The molecule has 31 heavy (non-hydrogen) atoms. The molecule has 0 bridgehead atoms. The second-order valence-electron chi connectivity index (χ2n) is 7.72. The maximum Gasteiger partial charge on any atom is 0.261 e. The van der Waals surface area contributed by atoms with Crippen LogP contribution in [0.1, 0.15) is 42.5 Å². The number of nitrogens with one attached hydrogen (secondary N) is 1. The van der Waals surface area contributed by atoms with Crippen molar-refractivity contribution >= 4 is 35.0 Å². The maximum absolute atomic E-state index is 13.2. The Balaban J connectivity index is 2.23. The Morgan fingerprint density at radius 1 is 1.13 bits per heavy atom. The van der Waals surface area contributed by atoms with Gasteiger partial charge in [-0.25, -0.2) is 0 Å². The molecule has 0 fully saturated rings. The van der Waals surface area contributed by atoms with Gasteiger partial charge in [0.1, 0.15) is 11.8 Å². The summed E-state index contributed by atoms with van der Waals surface area (Å²) in [5.41, 5.74) is 3.85. The highest BCUT2D eigenvalue weighted by Crippen LogP contribution is 2.25. The van der Waals surface area contributed by atoms with Crippen LogP contribution in [-0.4, -0.2) is 35.9 Å². The van der Waals surface area contributed by atoms with Crippen molar-refractivity contribution in [2.45, 2.75) is 53.6 Å². The van der Waals surface area contributed by atoms with Gasteiger partial charge in [0, 0.05) is 23.1 Å². The topological polar surface area (TPSA) is 58.6 Å². The van der Waals surface area contributed by atoms with Crippen molar-refractivity contribution in [3.63, 3.8) is 0 Å². The number of halogens is 2. The number of aryl methyl sites for hydroxylation is 2. The van der Waals surface area contributed by atoms with Crippen molar-refractivity contribution in [2.75, 3.05) is 13.2 Å². The van der Waals surface area contributed by atoms with E-state index in [1.54, 1.807) is 25.1 Å². The summed E-state index contributed by atoms with van der Waals surface area (Å²) in [6, 6.07) is 8.39. The first-order valence-corrected chi connectivity index (χ1v) is 11.1. The molecule has 1 unspecified atom stereocenters. The van der Waals surface area contributed by atoms with Crippen LogP contribution in [-0.2, 0) is 16.1 Å². The predicted molar refractivity (Wildman–Crippen MR) is 126 cm³/mol. The van der Waals surface area contributed by atoms with Crippen molar-refractivity contribution in [3.8, 4) is 5.75 Å². The SMILES string of the molecule is CCCNC(=O)C(C)N(Cc1ccc(Cl)cc1Cl)C(=O)COc1cc(C)cc(C)c1C. The first-order valence-electron chi connectivity index (χ1n) is 10.4. The highest BCUT2D eigenvalue weighted by molar-refractivity contribution is 6.35. The van der Waals surface area contributed by atoms with E-state index in [2.05, 4.69) is 11.4 Å². The highest BCUT2D eigenvalue weighted by Gasteiger charge is 2.27. The van der Waals surface area contributed by atoms with E-state index in [1.807, 2.05) is 33.8 Å². The van der Waals surface area contributed by atoms with Crippen LogP contribution in [0.4, 0.5) is 0 Å². The van der Waals surface area contributed by atoms with E-state index >= 15 is 0 Å². The Labute approximate surface area is 194 Å². The van der Waals surface area contributed by atoms with Crippen LogP contribution in [0.2, 0.25) is 10.0 Å². The zero-order valence-corrected chi connectivity index (χ0v) is 20.2. The average Bonchev–Trinajstić information content (AvgIpc) is 2.72. The number of rotatable bonds is 9. The van der Waals surface area contributed by atoms with Crippen molar-refractivity contribution in [3.05, 3.63) is 62.6 Å². The van der Waals surface area contributed by atoms with Gasteiger partial charge in [-0.05, 0) is 74.6 Å². The number of carbonyl (C=O) groups excluding carboxylic acids is 2. The molecular weight excluding hydrogens is 435 g/mol. The second-order valence-corrected chi connectivity index (χ2v) is 8.56. The van der Waals surface area contributed by atoms with Gasteiger partial charge in [-0.3, -0.25) is 9.59 Å². The number of hydrogen-bond acceptors (Lipinski definition) is 3. The molecule has 0 radical (unpaired) electrons. The Kier molecular flexibility index (Phi) is 9.20. The van der Waals surface area contributed by atoms with Gasteiger partial charge < -0.3 is 15.0 Å². The monoisotopic (exact) mass is 464 g/mol. The number of carbonyl (C=O) groups is 2. The molecular formula is C24H30Cl2N2O3. The molecule has 7 heteroatoms. The lowest BCUT2D eigenvalue weighted by molar-refractivity contribution is -0.142. The molecule has 5 nitrogen and oxygen atoms in total. The van der Waals surface area contributed by atoms with Gasteiger partial charge in [-0.1, -0.05) is 42.3 Å². The van der Waals surface area contributed by atoms with E-state index in [9.17, 15) is 9.59 Å². The highest BCUT2D eigenvalue weighted by atomic mass is 35.5. The number of nitrogens with zero attached hydrogens (tertiary/aromatic N) is 1. The molecule has 0 saturated carbocycles. The second kappa shape index (κ2) is 11.4. The summed E-state index contributed by atoms with van der Waals surface area (Å²) in [6.07, 6.45) is 0.810. The van der Waals surface area contributed by atoms with Crippen molar-refractivity contribution in [2.24, 2.45) is 0 Å². The van der Waals surface area contributed by atoms with Crippen LogP contribution < -0.4 is 10.1 Å². The summed E-state index contributed by atoms with van der Waals surface area (Å²) in [4.78, 5) is 27.2. The van der Waals surface area contributed by atoms with Crippen LogP contribution in [0.15, 0.2) is 30.3 Å². The van der Waals surface area contributed by atoms with E-state index in [0.29, 0.717) is 27.9 Å². The Morgan fingerprint density at radius 3 is 2.48 bits per heavy atom. The number of hydrogen-bond donors (Lipinski definition) is 1. The molecule has 1 atom stereocenters. The largest absolute Gasteiger partial charge is 0.483 e. The molecule has 0 aliphatic heterocycles. The normalized spacial score (nSPS) is 11.7. The summed E-state index contributed by atoms with van der Waals surface area (Å²) in [7, 11) is 0. The summed E-state index contributed by atoms with van der Waals surface area (Å²) in [5, 5.41) is 3.80.